The summed E-state index contributed by atoms with van der Waals surface area (Å²) in [4.78, 5) is 57.2. The van der Waals surface area contributed by atoms with Gasteiger partial charge in [0.05, 0.1) is 13.2 Å². The molecule has 14 heteroatoms. The Morgan fingerprint density at radius 2 is 1.45 bits per heavy atom. The molecule has 0 radical (unpaired) electrons. The standard InChI is InChI=1S/C41H61N5O8Si/c1-27(2)55(28(3)4,29(5)6)54-33-21-20-32-23-36(43-35(32)24-33)37(47)44-34(38(48)51-7)19-14-22-46(41(50)53-26-31-17-12-9-13-18-31)39(42)45-40(49)52-25-30-15-10-8-11-16-30/h8-13,15-18,27-29,32-36,43H,14,19-26H2,1-7H3,(H,44,47)(H2,42,45,49)/t32-,33+,34-,35-,36-/m0/s1. The molecular formula is C41H61N5O8Si. The van der Waals surface area contributed by atoms with Gasteiger partial charge in [-0.2, -0.15) is 0 Å². The van der Waals surface area contributed by atoms with E-state index in [1.807, 2.05) is 36.4 Å². The van der Waals surface area contributed by atoms with Crippen molar-refractivity contribution in [3.8, 4) is 0 Å². The van der Waals surface area contributed by atoms with E-state index >= 15 is 0 Å². The van der Waals surface area contributed by atoms with Crippen molar-refractivity contribution in [2.24, 2.45) is 16.6 Å². The fourth-order valence-electron chi connectivity index (χ4n) is 8.42. The Morgan fingerprint density at radius 1 is 0.873 bits per heavy atom. The highest BCUT2D eigenvalue weighted by Gasteiger charge is 2.49. The van der Waals surface area contributed by atoms with E-state index in [2.05, 4.69) is 57.2 Å². The van der Waals surface area contributed by atoms with Crippen molar-refractivity contribution >= 4 is 38.3 Å². The van der Waals surface area contributed by atoms with Crippen LogP contribution in [0.5, 0.6) is 0 Å². The summed E-state index contributed by atoms with van der Waals surface area (Å²) in [6.07, 6.45) is 2.12. The Labute approximate surface area is 327 Å². The van der Waals surface area contributed by atoms with Crippen molar-refractivity contribution in [2.45, 2.75) is 134 Å². The zero-order valence-corrected chi connectivity index (χ0v) is 34.5. The van der Waals surface area contributed by atoms with Gasteiger partial charge in [-0.3, -0.25) is 4.79 Å². The van der Waals surface area contributed by atoms with Crippen molar-refractivity contribution in [2.75, 3.05) is 13.7 Å². The maximum atomic E-state index is 13.6. The number of ether oxygens (including phenoxy) is 3. The molecular weight excluding hydrogens is 719 g/mol. The molecule has 302 valence electrons. The Hall–Kier alpha value is -4.27. The first-order valence-corrected chi connectivity index (χ1v) is 21.7. The quantitative estimate of drug-likeness (QED) is 0.0541. The first kappa shape index (κ1) is 43.5. The molecule has 0 unspecified atom stereocenters. The lowest BCUT2D eigenvalue weighted by molar-refractivity contribution is -0.145. The van der Waals surface area contributed by atoms with Crippen LogP contribution in [0.4, 0.5) is 9.59 Å². The summed E-state index contributed by atoms with van der Waals surface area (Å²) in [6.45, 7) is 13.6. The largest absolute Gasteiger partial charge is 0.467 e. The number of esters is 1. The molecule has 2 aromatic rings. The number of nitrogens with zero attached hydrogens (tertiary/aromatic N) is 2. The molecule has 1 aliphatic heterocycles. The van der Waals surface area contributed by atoms with Crippen LogP contribution in [0.1, 0.15) is 91.2 Å². The molecule has 2 aromatic carbocycles. The van der Waals surface area contributed by atoms with E-state index in [1.54, 1.807) is 24.3 Å². The van der Waals surface area contributed by atoms with Crippen LogP contribution in [-0.4, -0.2) is 81.1 Å². The van der Waals surface area contributed by atoms with Gasteiger partial charge in [-0.15, -0.1) is 4.99 Å². The number of rotatable bonds is 16. The Kier molecular flexibility index (Phi) is 16.3. The lowest BCUT2D eigenvalue weighted by atomic mass is 9.83. The molecule has 2 fully saturated rings. The third kappa shape index (κ3) is 11.9. The third-order valence-electron chi connectivity index (χ3n) is 11.1. The first-order chi connectivity index (χ1) is 26.2. The van der Waals surface area contributed by atoms with Crippen LogP contribution in [0, 0.1) is 5.92 Å². The van der Waals surface area contributed by atoms with Gasteiger partial charge in [-0.05, 0) is 72.2 Å². The molecule has 1 aliphatic carbocycles. The van der Waals surface area contributed by atoms with E-state index < -0.39 is 44.5 Å². The number of carbonyl (C=O) groups excluding carboxylic acids is 4. The van der Waals surface area contributed by atoms with Crippen LogP contribution in [0.2, 0.25) is 16.6 Å². The summed E-state index contributed by atoms with van der Waals surface area (Å²) in [5, 5.41) is 6.44. The molecule has 55 heavy (non-hydrogen) atoms. The fourth-order valence-corrected chi connectivity index (χ4v) is 14.0. The molecule has 1 heterocycles. The summed E-state index contributed by atoms with van der Waals surface area (Å²) in [5.41, 5.74) is 9.15. The van der Waals surface area contributed by atoms with Gasteiger partial charge in [0.25, 0.3) is 0 Å². The van der Waals surface area contributed by atoms with Crippen molar-refractivity contribution in [1.29, 1.82) is 0 Å². The van der Waals surface area contributed by atoms with Gasteiger partial charge in [0.2, 0.25) is 20.2 Å². The third-order valence-corrected chi connectivity index (χ3v) is 17.2. The highest BCUT2D eigenvalue weighted by atomic mass is 28.4. The van der Waals surface area contributed by atoms with Crippen LogP contribution in [-0.2, 0) is 41.4 Å². The average molecular weight is 780 g/mol. The van der Waals surface area contributed by atoms with E-state index in [9.17, 15) is 19.2 Å². The molecule has 0 spiro atoms. The van der Waals surface area contributed by atoms with Crippen molar-refractivity contribution in [3.05, 3.63) is 71.8 Å². The topological polar surface area (TPSA) is 171 Å². The molecule has 3 amide bonds. The number of hydrogen-bond donors (Lipinski definition) is 3. The molecule has 13 nitrogen and oxygen atoms in total. The highest BCUT2D eigenvalue weighted by Crippen LogP contribution is 2.45. The molecule has 1 saturated heterocycles. The van der Waals surface area contributed by atoms with E-state index in [0.29, 0.717) is 29.0 Å². The SMILES string of the molecule is COC(=O)[C@H](CCCN(C(=O)OCc1ccccc1)/C(N)=N/C(=O)OCc1ccccc1)NC(=O)[C@@H]1C[C@@H]2CC[C@@H](O[Si](C(C)C)(C(C)C)C(C)C)C[C@@H]2N1. The number of hydrogen-bond acceptors (Lipinski definition) is 9. The second-order valence-electron chi connectivity index (χ2n) is 15.6. The van der Waals surface area contributed by atoms with E-state index in [1.165, 1.54) is 7.11 Å². The van der Waals surface area contributed by atoms with Gasteiger partial charge in [0.15, 0.2) is 0 Å². The predicted octanol–water partition coefficient (Wildman–Crippen LogP) is 6.81. The molecule has 0 aromatic heterocycles. The number of aliphatic imine (C=N–C) groups is 1. The van der Waals surface area contributed by atoms with Gasteiger partial charge in [0, 0.05) is 18.7 Å². The summed E-state index contributed by atoms with van der Waals surface area (Å²) in [6, 6.07) is 16.9. The van der Waals surface area contributed by atoms with Gasteiger partial charge in [-0.1, -0.05) is 102 Å². The van der Waals surface area contributed by atoms with Crippen molar-refractivity contribution in [1.82, 2.24) is 15.5 Å². The van der Waals surface area contributed by atoms with Gasteiger partial charge in [0.1, 0.15) is 19.3 Å². The number of methoxy groups -OCH3 is 1. The van der Waals surface area contributed by atoms with Crippen LogP contribution in [0.25, 0.3) is 0 Å². The number of nitrogens with two attached hydrogens (primary N) is 1. The van der Waals surface area contributed by atoms with Crippen LogP contribution >= 0.6 is 0 Å². The van der Waals surface area contributed by atoms with E-state index in [4.69, 9.17) is 24.4 Å². The minimum atomic E-state index is -2.05. The lowest BCUT2D eigenvalue weighted by Gasteiger charge is -2.46. The smallest absolute Gasteiger partial charge is 0.437 e. The Morgan fingerprint density at radius 3 is 2.02 bits per heavy atom. The second-order valence-corrected chi connectivity index (χ2v) is 21.0. The zero-order chi connectivity index (χ0) is 40.1. The molecule has 4 rings (SSSR count). The van der Waals surface area contributed by atoms with Gasteiger partial charge >= 0.3 is 18.2 Å². The molecule has 2 aliphatic rings. The zero-order valence-electron chi connectivity index (χ0n) is 33.5. The van der Waals surface area contributed by atoms with E-state index in [0.717, 1.165) is 35.3 Å². The van der Waals surface area contributed by atoms with Crippen LogP contribution in [0.3, 0.4) is 0 Å². The second kappa shape index (κ2) is 20.6. The summed E-state index contributed by atoms with van der Waals surface area (Å²) in [7, 11) is -0.785. The van der Waals surface area contributed by atoms with E-state index in [-0.39, 0.29) is 50.7 Å². The minimum Gasteiger partial charge on any atom is -0.467 e. The lowest BCUT2D eigenvalue weighted by Crippen LogP contribution is -2.53. The minimum absolute atomic E-state index is 0.0300. The molecule has 0 bridgehead atoms. The maximum absolute atomic E-state index is 13.6. The van der Waals surface area contributed by atoms with Crippen LogP contribution in [0.15, 0.2) is 65.7 Å². The average Bonchev–Trinajstić information content (AvgIpc) is 3.60. The molecule has 5 atom stereocenters. The summed E-state index contributed by atoms with van der Waals surface area (Å²) < 4.78 is 22.9. The highest BCUT2D eigenvalue weighted by molar-refractivity contribution is 6.77. The molecule has 4 N–H and O–H groups in total. The predicted molar refractivity (Wildman–Crippen MR) is 213 cm³/mol. The number of carbonyl (C=O) groups is 4. The summed E-state index contributed by atoms with van der Waals surface area (Å²) in [5.74, 6) is -0.972. The number of nitrogens with one attached hydrogen (secondary N) is 2. The van der Waals surface area contributed by atoms with Gasteiger partial charge in [-0.25, -0.2) is 19.3 Å². The Balaban J connectivity index is 1.37. The van der Waals surface area contributed by atoms with Gasteiger partial charge < -0.3 is 35.0 Å². The van der Waals surface area contributed by atoms with Crippen molar-refractivity contribution in [3.63, 3.8) is 0 Å². The number of fused-ring (bicyclic) bond motifs is 1. The number of benzene rings is 2. The Bertz CT molecular complexity index is 1570. The number of guanidine groups is 1. The first-order valence-electron chi connectivity index (χ1n) is 19.6. The summed E-state index contributed by atoms with van der Waals surface area (Å²) >= 11 is 0. The molecule has 1 saturated carbocycles. The normalized spacial score (nSPS) is 20.5. The fraction of sp³-hybridized carbons (Fsp3) is 0.585. The number of amides is 3. The maximum Gasteiger partial charge on any atom is 0.437 e. The van der Waals surface area contributed by atoms with Crippen molar-refractivity contribution < 1.29 is 37.8 Å². The monoisotopic (exact) mass is 779 g/mol. The van der Waals surface area contributed by atoms with Crippen LogP contribution < -0.4 is 16.4 Å².